The van der Waals surface area contributed by atoms with Gasteiger partial charge in [-0.25, -0.2) is 0 Å². The fraction of sp³-hybridized carbons (Fsp3) is 0.500. The standard InChI is InChI=1S/C22H24N2O3/c1-11(13-6-4-3-5-7-13)23-20(25)12(2)24-21(26)18-14-8-9-15(17-10-16(14)17)19(18)22(24)27/h3-9,11-12,14-19H,10H2,1-2H3,(H,23,25)/t11-,12-,14-,15-,16-,17+,18-,19+/m0/s1. The summed E-state index contributed by atoms with van der Waals surface area (Å²) < 4.78 is 0. The Bertz CT molecular complexity index is 812. The Morgan fingerprint density at radius 3 is 2.11 bits per heavy atom. The van der Waals surface area contributed by atoms with Crippen molar-refractivity contribution in [3.63, 3.8) is 0 Å². The number of hydrogen-bond donors (Lipinski definition) is 1. The van der Waals surface area contributed by atoms with Crippen LogP contribution in [-0.2, 0) is 14.4 Å². The molecule has 1 heterocycles. The van der Waals surface area contributed by atoms with Crippen LogP contribution in [0.2, 0.25) is 0 Å². The summed E-state index contributed by atoms with van der Waals surface area (Å²) >= 11 is 0. The molecule has 2 bridgehead atoms. The molecule has 1 aromatic rings. The minimum absolute atomic E-state index is 0.148. The predicted octanol–water partition coefficient (Wildman–Crippen LogP) is 2.31. The molecular formula is C22H24N2O3. The number of allylic oxidation sites excluding steroid dienone is 2. The van der Waals surface area contributed by atoms with E-state index in [-0.39, 0.29) is 47.4 Å². The summed E-state index contributed by atoms with van der Waals surface area (Å²) in [5.74, 6) is 0.429. The molecule has 27 heavy (non-hydrogen) atoms. The first kappa shape index (κ1) is 16.7. The van der Waals surface area contributed by atoms with E-state index in [0.29, 0.717) is 11.8 Å². The van der Waals surface area contributed by atoms with Crippen molar-refractivity contribution >= 4 is 17.7 Å². The van der Waals surface area contributed by atoms with Gasteiger partial charge in [0.2, 0.25) is 17.7 Å². The van der Waals surface area contributed by atoms with Crippen molar-refractivity contribution in [1.29, 1.82) is 0 Å². The van der Waals surface area contributed by atoms with E-state index in [1.54, 1.807) is 6.92 Å². The molecule has 5 heteroatoms. The second-order valence-corrected chi connectivity index (χ2v) is 8.52. The lowest BCUT2D eigenvalue weighted by molar-refractivity contribution is -0.147. The molecule has 0 unspecified atom stereocenters. The van der Waals surface area contributed by atoms with Crippen LogP contribution in [0, 0.1) is 35.5 Å². The predicted molar refractivity (Wildman–Crippen MR) is 99.0 cm³/mol. The Kier molecular flexibility index (Phi) is 3.58. The summed E-state index contributed by atoms with van der Waals surface area (Å²) in [6.07, 6.45) is 5.44. The fourth-order valence-corrected chi connectivity index (χ4v) is 5.64. The molecule has 1 aliphatic heterocycles. The molecule has 5 nitrogen and oxygen atoms in total. The Balaban J connectivity index is 1.34. The zero-order valence-corrected chi connectivity index (χ0v) is 15.5. The van der Waals surface area contributed by atoms with Gasteiger partial charge < -0.3 is 5.32 Å². The van der Waals surface area contributed by atoms with Gasteiger partial charge in [0, 0.05) is 0 Å². The highest BCUT2D eigenvalue weighted by Crippen LogP contribution is 2.65. The van der Waals surface area contributed by atoms with Crippen molar-refractivity contribution in [2.45, 2.75) is 32.4 Å². The van der Waals surface area contributed by atoms with Crippen molar-refractivity contribution in [3.8, 4) is 0 Å². The summed E-state index contributed by atoms with van der Waals surface area (Å²) in [4.78, 5) is 40.2. The van der Waals surface area contributed by atoms with Crippen molar-refractivity contribution in [2.75, 3.05) is 0 Å². The van der Waals surface area contributed by atoms with Crippen LogP contribution in [0.15, 0.2) is 42.5 Å². The third-order valence-corrected chi connectivity index (χ3v) is 7.12. The number of nitrogens with one attached hydrogen (secondary N) is 1. The molecule has 5 aliphatic rings. The smallest absolute Gasteiger partial charge is 0.243 e. The van der Waals surface area contributed by atoms with Crippen LogP contribution in [-0.4, -0.2) is 28.7 Å². The molecule has 0 radical (unpaired) electrons. The molecule has 3 amide bonds. The van der Waals surface area contributed by atoms with E-state index in [2.05, 4.69) is 17.5 Å². The quantitative estimate of drug-likeness (QED) is 0.659. The normalized spacial score (nSPS) is 37.6. The number of carbonyl (C=O) groups is 3. The number of amides is 3. The molecular weight excluding hydrogens is 340 g/mol. The average molecular weight is 364 g/mol. The van der Waals surface area contributed by atoms with E-state index in [1.165, 1.54) is 4.90 Å². The van der Waals surface area contributed by atoms with Gasteiger partial charge in [0.25, 0.3) is 0 Å². The first-order valence-corrected chi connectivity index (χ1v) is 9.89. The van der Waals surface area contributed by atoms with Gasteiger partial charge in [-0.1, -0.05) is 42.5 Å². The van der Waals surface area contributed by atoms with E-state index in [9.17, 15) is 14.4 Å². The van der Waals surface area contributed by atoms with E-state index >= 15 is 0 Å². The fourth-order valence-electron chi connectivity index (χ4n) is 5.64. The lowest BCUT2D eigenvalue weighted by atomic mass is 9.63. The second kappa shape index (κ2) is 5.78. The van der Waals surface area contributed by atoms with Crippen molar-refractivity contribution < 1.29 is 14.4 Å². The lowest BCUT2D eigenvalue weighted by Gasteiger charge is -2.37. The van der Waals surface area contributed by atoms with Crippen LogP contribution in [0.25, 0.3) is 0 Å². The van der Waals surface area contributed by atoms with E-state index < -0.39 is 6.04 Å². The van der Waals surface area contributed by atoms with Crippen LogP contribution in [0.1, 0.15) is 31.9 Å². The summed E-state index contributed by atoms with van der Waals surface area (Å²) in [5.41, 5.74) is 0.994. The molecule has 0 spiro atoms. The molecule has 3 fully saturated rings. The third-order valence-electron chi connectivity index (χ3n) is 7.12. The number of rotatable bonds is 4. The van der Waals surface area contributed by atoms with Crippen LogP contribution in [0.5, 0.6) is 0 Å². The molecule has 140 valence electrons. The zero-order valence-electron chi connectivity index (χ0n) is 15.5. The Labute approximate surface area is 158 Å². The number of hydrogen-bond acceptors (Lipinski definition) is 3. The Hall–Kier alpha value is -2.43. The zero-order chi connectivity index (χ0) is 18.9. The van der Waals surface area contributed by atoms with Crippen LogP contribution < -0.4 is 5.32 Å². The van der Waals surface area contributed by atoms with Crippen molar-refractivity contribution in [2.24, 2.45) is 35.5 Å². The first-order chi connectivity index (χ1) is 13.0. The van der Waals surface area contributed by atoms with Crippen LogP contribution >= 0.6 is 0 Å². The highest BCUT2D eigenvalue weighted by Gasteiger charge is 2.67. The maximum atomic E-state index is 13.1. The number of imide groups is 1. The molecule has 6 rings (SSSR count). The van der Waals surface area contributed by atoms with E-state index in [4.69, 9.17) is 0 Å². The molecule has 1 saturated heterocycles. The van der Waals surface area contributed by atoms with Gasteiger partial charge in [-0.3, -0.25) is 19.3 Å². The van der Waals surface area contributed by atoms with Crippen LogP contribution in [0.3, 0.4) is 0 Å². The minimum atomic E-state index is -0.780. The third kappa shape index (κ3) is 2.33. The molecule has 8 atom stereocenters. The van der Waals surface area contributed by atoms with E-state index in [0.717, 1.165) is 12.0 Å². The SMILES string of the molecule is C[C@H](NC(=O)[C@H](C)N1C(=O)[C@@H]2[C@H]3C=C[C@@H]([C@@H]4C[C@H]34)[C@@H]2C1=O)c1ccccc1. The number of likely N-dealkylation sites (tertiary alicyclic amines) is 1. The maximum absolute atomic E-state index is 13.1. The summed E-state index contributed by atoms with van der Waals surface area (Å²) in [7, 11) is 0. The average Bonchev–Trinajstić information content (AvgIpc) is 3.46. The van der Waals surface area contributed by atoms with Gasteiger partial charge in [-0.15, -0.1) is 0 Å². The molecule has 1 N–H and O–H groups in total. The van der Waals surface area contributed by atoms with Crippen molar-refractivity contribution in [1.82, 2.24) is 10.2 Å². The van der Waals surface area contributed by atoms with Gasteiger partial charge in [0.05, 0.1) is 17.9 Å². The first-order valence-electron chi connectivity index (χ1n) is 9.89. The largest absolute Gasteiger partial charge is 0.348 e. The Morgan fingerprint density at radius 2 is 1.56 bits per heavy atom. The number of carbonyl (C=O) groups excluding carboxylic acids is 3. The second-order valence-electron chi connectivity index (χ2n) is 8.52. The molecule has 2 saturated carbocycles. The lowest BCUT2D eigenvalue weighted by Crippen LogP contribution is -2.49. The topological polar surface area (TPSA) is 66.5 Å². The summed E-state index contributed by atoms with van der Waals surface area (Å²) in [6.45, 7) is 3.57. The van der Waals surface area contributed by atoms with Crippen LogP contribution in [0.4, 0.5) is 0 Å². The highest BCUT2D eigenvalue weighted by molar-refractivity contribution is 6.09. The van der Waals surface area contributed by atoms with Gasteiger partial charge in [0.1, 0.15) is 6.04 Å². The minimum Gasteiger partial charge on any atom is -0.348 e. The molecule has 4 aliphatic carbocycles. The summed E-state index contributed by atoms with van der Waals surface area (Å²) in [6, 6.07) is 8.72. The molecule has 0 aromatic heterocycles. The number of nitrogens with zero attached hydrogens (tertiary/aromatic N) is 1. The van der Waals surface area contributed by atoms with Crippen molar-refractivity contribution in [3.05, 3.63) is 48.0 Å². The number of benzene rings is 1. The molecule has 1 aromatic carbocycles. The summed E-state index contributed by atoms with van der Waals surface area (Å²) in [5, 5.41) is 2.95. The maximum Gasteiger partial charge on any atom is 0.243 e. The van der Waals surface area contributed by atoms with Gasteiger partial charge in [-0.2, -0.15) is 0 Å². The van der Waals surface area contributed by atoms with E-state index in [1.807, 2.05) is 37.3 Å². The van der Waals surface area contributed by atoms with Gasteiger partial charge in [0.15, 0.2) is 0 Å². The Morgan fingerprint density at radius 1 is 1.00 bits per heavy atom. The monoisotopic (exact) mass is 364 g/mol. The van der Waals surface area contributed by atoms with Gasteiger partial charge in [-0.05, 0) is 49.5 Å². The highest BCUT2D eigenvalue weighted by atomic mass is 16.2. The van der Waals surface area contributed by atoms with Gasteiger partial charge >= 0.3 is 0 Å².